The number of hydrogen-bond donors (Lipinski definition) is 2. The molecule has 70 valence electrons. The summed E-state index contributed by atoms with van der Waals surface area (Å²) in [4.78, 5) is 0. The Labute approximate surface area is 78.6 Å². The molecule has 2 N–H and O–H groups in total. The second-order valence-corrected chi connectivity index (χ2v) is 4.11. The summed E-state index contributed by atoms with van der Waals surface area (Å²) in [5, 5.41) is 13.1. The summed E-state index contributed by atoms with van der Waals surface area (Å²) in [6.45, 7) is 5.23. The number of fused-ring (bicyclic) bond motifs is 1. The summed E-state index contributed by atoms with van der Waals surface area (Å²) in [5.41, 5.74) is 2.32. The molecule has 1 aromatic rings. The fraction of sp³-hybridized carbons (Fsp3) is 0.455. The number of phenols is 1. The molecular weight excluding hydrogens is 162 g/mol. The summed E-state index contributed by atoms with van der Waals surface area (Å²) >= 11 is 0. The standard InChI is InChI=1S/C11H15NO/c1-11(2)9-4-3-5-10(13)8(9)6-7-12-11/h3-5,12-13H,6-7H2,1-2H3. The lowest BCUT2D eigenvalue weighted by Gasteiger charge is -2.34. The second-order valence-electron chi connectivity index (χ2n) is 4.11. The van der Waals surface area contributed by atoms with E-state index in [0.29, 0.717) is 5.75 Å². The summed E-state index contributed by atoms with van der Waals surface area (Å²) < 4.78 is 0. The van der Waals surface area contributed by atoms with Crippen LogP contribution in [0.4, 0.5) is 0 Å². The molecule has 0 bridgehead atoms. The lowest BCUT2D eigenvalue weighted by molar-refractivity contribution is 0.371. The third-order valence-corrected chi connectivity index (χ3v) is 2.77. The molecule has 2 nitrogen and oxygen atoms in total. The molecule has 1 aromatic carbocycles. The van der Waals surface area contributed by atoms with Gasteiger partial charge in [-0.2, -0.15) is 0 Å². The molecule has 13 heavy (non-hydrogen) atoms. The van der Waals surface area contributed by atoms with Gasteiger partial charge in [0, 0.05) is 17.6 Å². The summed E-state index contributed by atoms with van der Waals surface area (Å²) in [7, 11) is 0. The molecular formula is C11H15NO. The Balaban J connectivity index is 2.58. The first-order chi connectivity index (χ1) is 6.11. The van der Waals surface area contributed by atoms with Gasteiger partial charge in [-0.3, -0.25) is 0 Å². The molecule has 0 fully saturated rings. The van der Waals surface area contributed by atoms with Crippen molar-refractivity contribution >= 4 is 0 Å². The quantitative estimate of drug-likeness (QED) is 0.633. The van der Waals surface area contributed by atoms with Crippen molar-refractivity contribution in [3.05, 3.63) is 29.3 Å². The monoisotopic (exact) mass is 177 g/mol. The maximum atomic E-state index is 9.66. The largest absolute Gasteiger partial charge is 0.508 e. The number of rotatable bonds is 0. The molecule has 1 heterocycles. The van der Waals surface area contributed by atoms with Crippen LogP contribution in [-0.4, -0.2) is 11.7 Å². The van der Waals surface area contributed by atoms with Crippen LogP contribution in [0.15, 0.2) is 18.2 Å². The van der Waals surface area contributed by atoms with Crippen molar-refractivity contribution in [1.29, 1.82) is 0 Å². The number of phenolic OH excluding ortho intramolecular Hbond substituents is 1. The fourth-order valence-corrected chi connectivity index (χ4v) is 2.02. The normalized spacial score (nSPS) is 19.5. The Morgan fingerprint density at radius 1 is 1.38 bits per heavy atom. The van der Waals surface area contributed by atoms with E-state index in [2.05, 4.69) is 25.2 Å². The van der Waals surface area contributed by atoms with E-state index in [1.807, 2.05) is 6.07 Å². The summed E-state index contributed by atoms with van der Waals surface area (Å²) in [5.74, 6) is 0.437. The van der Waals surface area contributed by atoms with Crippen LogP contribution in [-0.2, 0) is 12.0 Å². The average Bonchev–Trinajstić information content (AvgIpc) is 2.06. The van der Waals surface area contributed by atoms with Crippen LogP contribution < -0.4 is 5.32 Å². The van der Waals surface area contributed by atoms with Crippen LogP contribution in [0.5, 0.6) is 5.75 Å². The Hall–Kier alpha value is -1.02. The first-order valence-corrected chi connectivity index (χ1v) is 4.67. The van der Waals surface area contributed by atoms with E-state index in [-0.39, 0.29) is 5.54 Å². The van der Waals surface area contributed by atoms with E-state index < -0.39 is 0 Å². The van der Waals surface area contributed by atoms with E-state index in [0.717, 1.165) is 18.5 Å². The average molecular weight is 177 g/mol. The van der Waals surface area contributed by atoms with E-state index in [4.69, 9.17) is 0 Å². The molecule has 0 atom stereocenters. The highest BCUT2D eigenvalue weighted by atomic mass is 16.3. The minimum atomic E-state index is -0.00762. The molecule has 0 saturated carbocycles. The van der Waals surface area contributed by atoms with Gasteiger partial charge in [-0.15, -0.1) is 0 Å². The molecule has 0 amide bonds. The highest BCUT2D eigenvalue weighted by Crippen LogP contribution is 2.32. The number of aromatic hydroxyl groups is 1. The van der Waals surface area contributed by atoms with Crippen molar-refractivity contribution in [2.24, 2.45) is 0 Å². The van der Waals surface area contributed by atoms with Crippen LogP contribution >= 0.6 is 0 Å². The predicted molar refractivity (Wildman–Crippen MR) is 52.8 cm³/mol. The zero-order chi connectivity index (χ0) is 9.47. The highest BCUT2D eigenvalue weighted by Gasteiger charge is 2.27. The Morgan fingerprint density at radius 2 is 2.15 bits per heavy atom. The van der Waals surface area contributed by atoms with Gasteiger partial charge in [0.25, 0.3) is 0 Å². The van der Waals surface area contributed by atoms with Crippen molar-refractivity contribution in [1.82, 2.24) is 5.32 Å². The third-order valence-electron chi connectivity index (χ3n) is 2.77. The SMILES string of the molecule is CC1(C)NCCc2c(O)cccc21. The van der Waals surface area contributed by atoms with Crippen LogP contribution in [0, 0.1) is 0 Å². The summed E-state index contributed by atoms with van der Waals surface area (Å²) in [6.07, 6.45) is 0.922. The zero-order valence-corrected chi connectivity index (χ0v) is 8.09. The third kappa shape index (κ3) is 1.31. The molecule has 0 aromatic heterocycles. The van der Waals surface area contributed by atoms with Gasteiger partial charge in [0.05, 0.1) is 0 Å². The lowest BCUT2D eigenvalue weighted by atomic mass is 9.85. The van der Waals surface area contributed by atoms with Crippen LogP contribution in [0.3, 0.4) is 0 Å². The highest BCUT2D eigenvalue weighted by molar-refractivity contribution is 5.44. The minimum Gasteiger partial charge on any atom is -0.508 e. The lowest BCUT2D eigenvalue weighted by Crippen LogP contribution is -2.42. The van der Waals surface area contributed by atoms with Crippen LogP contribution in [0.2, 0.25) is 0 Å². The van der Waals surface area contributed by atoms with Crippen LogP contribution in [0.25, 0.3) is 0 Å². The van der Waals surface area contributed by atoms with Gasteiger partial charge in [0.15, 0.2) is 0 Å². The molecule has 0 spiro atoms. The number of nitrogens with one attached hydrogen (secondary N) is 1. The van der Waals surface area contributed by atoms with Gasteiger partial charge in [-0.1, -0.05) is 12.1 Å². The zero-order valence-electron chi connectivity index (χ0n) is 8.09. The first kappa shape index (κ1) is 8.57. The second kappa shape index (κ2) is 2.74. The van der Waals surface area contributed by atoms with Gasteiger partial charge >= 0.3 is 0 Å². The topological polar surface area (TPSA) is 32.3 Å². The van der Waals surface area contributed by atoms with Crippen molar-refractivity contribution in [2.75, 3.05) is 6.54 Å². The predicted octanol–water partition coefficient (Wildman–Crippen LogP) is 1.77. The fourth-order valence-electron chi connectivity index (χ4n) is 2.02. The molecule has 1 aliphatic heterocycles. The van der Waals surface area contributed by atoms with Gasteiger partial charge < -0.3 is 10.4 Å². The molecule has 1 aliphatic rings. The van der Waals surface area contributed by atoms with E-state index in [1.54, 1.807) is 6.07 Å². The molecule has 0 saturated heterocycles. The molecule has 0 unspecified atom stereocenters. The van der Waals surface area contributed by atoms with E-state index in [9.17, 15) is 5.11 Å². The van der Waals surface area contributed by atoms with Crippen molar-refractivity contribution in [3.63, 3.8) is 0 Å². The van der Waals surface area contributed by atoms with E-state index >= 15 is 0 Å². The maximum Gasteiger partial charge on any atom is 0.119 e. The molecule has 2 rings (SSSR count). The summed E-state index contributed by atoms with van der Waals surface area (Å²) in [6, 6.07) is 5.75. The smallest absolute Gasteiger partial charge is 0.119 e. The van der Waals surface area contributed by atoms with Crippen LogP contribution in [0.1, 0.15) is 25.0 Å². The molecule has 2 heteroatoms. The molecule has 0 radical (unpaired) electrons. The van der Waals surface area contributed by atoms with Gasteiger partial charge in [0.2, 0.25) is 0 Å². The Bertz CT molecular complexity index is 331. The van der Waals surface area contributed by atoms with Crippen molar-refractivity contribution < 1.29 is 5.11 Å². The Kier molecular flexibility index (Phi) is 1.81. The minimum absolute atomic E-state index is 0.00762. The van der Waals surface area contributed by atoms with Gasteiger partial charge in [0.1, 0.15) is 5.75 Å². The first-order valence-electron chi connectivity index (χ1n) is 4.67. The van der Waals surface area contributed by atoms with Gasteiger partial charge in [-0.05, 0) is 31.9 Å². The maximum absolute atomic E-state index is 9.66. The van der Waals surface area contributed by atoms with Gasteiger partial charge in [-0.25, -0.2) is 0 Å². The van der Waals surface area contributed by atoms with Crippen molar-refractivity contribution in [3.8, 4) is 5.75 Å². The molecule has 0 aliphatic carbocycles. The van der Waals surface area contributed by atoms with E-state index in [1.165, 1.54) is 5.56 Å². The number of hydrogen-bond acceptors (Lipinski definition) is 2. The number of benzene rings is 1. The van der Waals surface area contributed by atoms with Crippen molar-refractivity contribution in [2.45, 2.75) is 25.8 Å². The Morgan fingerprint density at radius 3 is 2.85 bits per heavy atom.